The first kappa shape index (κ1) is 25.3. The second-order valence-electron chi connectivity index (χ2n) is 8.33. The molecule has 0 bridgehead atoms. The Kier molecular flexibility index (Phi) is 9.93. The summed E-state index contributed by atoms with van der Waals surface area (Å²) in [4.78, 5) is 24.8. The van der Waals surface area contributed by atoms with Crippen LogP contribution >= 0.6 is 0 Å². The average Bonchev–Trinajstić information content (AvgIpc) is 2.75. The highest BCUT2D eigenvalue weighted by molar-refractivity contribution is 7.91. The van der Waals surface area contributed by atoms with Crippen LogP contribution in [0.1, 0.15) is 30.4 Å². The topological polar surface area (TPSA) is 115 Å². The van der Waals surface area contributed by atoms with Gasteiger partial charge in [-0.25, -0.2) is 8.42 Å². The number of amides is 1. The van der Waals surface area contributed by atoms with E-state index in [1.807, 2.05) is 9.80 Å². The molecule has 2 heterocycles. The lowest BCUT2D eigenvalue weighted by atomic mass is 9.90. The van der Waals surface area contributed by atoms with Crippen molar-refractivity contribution in [3.63, 3.8) is 0 Å². The van der Waals surface area contributed by atoms with Gasteiger partial charge in [0.1, 0.15) is 0 Å². The van der Waals surface area contributed by atoms with Gasteiger partial charge in [0, 0.05) is 39.1 Å². The normalized spacial score (nSPS) is 20.4. The Hall–Kier alpha value is -1.97. The number of hydrogen-bond acceptors (Lipinski definition) is 6. The van der Waals surface area contributed by atoms with Crippen LogP contribution in [0.5, 0.6) is 0 Å². The molecule has 9 heteroatoms. The van der Waals surface area contributed by atoms with Crippen LogP contribution in [0.2, 0.25) is 0 Å². The van der Waals surface area contributed by atoms with Crippen molar-refractivity contribution in [1.82, 2.24) is 9.80 Å². The van der Waals surface area contributed by atoms with Crippen LogP contribution < -0.4 is 0 Å². The number of carbonyl (C=O) groups is 2. The minimum Gasteiger partial charge on any atom is -0.483 e. The molecule has 0 radical (unpaired) electrons. The Balaban J connectivity index is 0.00000107. The highest BCUT2D eigenvalue weighted by atomic mass is 32.2. The number of aryl methyl sites for hydroxylation is 2. The number of hydrogen-bond donors (Lipinski definition) is 2. The van der Waals surface area contributed by atoms with Gasteiger partial charge in [-0.2, -0.15) is 0 Å². The van der Waals surface area contributed by atoms with Gasteiger partial charge in [0.2, 0.25) is 5.91 Å². The summed E-state index contributed by atoms with van der Waals surface area (Å²) >= 11 is 0. The summed E-state index contributed by atoms with van der Waals surface area (Å²) in [6.45, 7) is 4.75. The standard InChI is InChI=1S/C21H32N2O4S.CH2O2/c1-17-2-4-18(5-3-17)6-7-21(25)23-10-8-19(9-11-23)20(24)16-22-12-14-28(26,27)15-13-22;2-1-3/h2-5,19-20,24H,6-16H2,1H3;1H,(H,2,3). The van der Waals surface area contributed by atoms with E-state index in [2.05, 4.69) is 31.2 Å². The molecule has 2 fully saturated rings. The van der Waals surface area contributed by atoms with E-state index in [4.69, 9.17) is 9.90 Å². The van der Waals surface area contributed by atoms with Crippen molar-refractivity contribution in [3.05, 3.63) is 35.4 Å². The number of nitrogens with zero attached hydrogens (tertiary/aromatic N) is 2. The van der Waals surface area contributed by atoms with E-state index in [0.29, 0.717) is 39.1 Å². The van der Waals surface area contributed by atoms with Crippen LogP contribution in [0.15, 0.2) is 24.3 Å². The van der Waals surface area contributed by atoms with Gasteiger partial charge in [-0.1, -0.05) is 29.8 Å². The highest BCUT2D eigenvalue weighted by Gasteiger charge is 2.30. The first-order valence-electron chi connectivity index (χ1n) is 10.8. The lowest BCUT2D eigenvalue weighted by Crippen LogP contribution is -2.47. The Morgan fingerprint density at radius 3 is 2.23 bits per heavy atom. The number of β-amino-alcohol motifs (C(OH)–C–C–N with tert-alkyl or cyclic N) is 1. The maximum Gasteiger partial charge on any atom is 0.290 e. The van der Waals surface area contributed by atoms with Gasteiger partial charge in [-0.3, -0.25) is 14.5 Å². The number of aliphatic hydroxyl groups excluding tert-OH is 1. The Morgan fingerprint density at radius 1 is 1.13 bits per heavy atom. The number of sulfone groups is 1. The van der Waals surface area contributed by atoms with Gasteiger partial charge in [0.05, 0.1) is 17.6 Å². The van der Waals surface area contributed by atoms with Gasteiger partial charge in [-0.05, 0) is 37.7 Å². The fraction of sp³-hybridized carbons (Fsp3) is 0.636. The predicted molar refractivity (Wildman–Crippen MR) is 119 cm³/mol. The number of carboxylic acid groups (broad SMARTS) is 1. The average molecular weight is 455 g/mol. The fourth-order valence-corrected chi connectivity index (χ4v) is 5.32. The lowest BCUT2D eigenvalue weighted by Gasteiger charge is -2.36. The second-order valence-corrected chi connectivity index (χ2v) is 10.6. The number of piperidine rings is 1. The minimum atomic E-state index is -2.89. The van der Waals surface area contributed by atoms with E-state index in [1.54, 1.807) is 0 Å². The highest BCUT2D eigenvalue weighted by Crippen LogP contribution is 2.23. The van der Waals surface area contributed by atoms with Gasteiger partial charge < -0.3 is 15.1 Å². The molecule has 0 saturated carbocycles. The SMILES string of the molecule is Cc1ccc(CCC(=O)N2CCC(C(O)CN3CCS(=O)(=O)CC3)CC2)cc1.O=CO. The molecule has 1 atom stereocenters. The summed E-state index contributed by atoms with van der Waals surface area (Å²) in [7, 11) is -2.89. The molecular weight excluding hydrogens is 420 g/mol. The van der Waals surface area contributed by atoms with Gasteiger partial charge in [0.25, 0.3) is 6.47 Å². The van der Waals surface area contributed by atoms with Gasteiger partial charge in [0.15, 0.2) is 9.84 Å². The van der Waals surface area contributed by atoms with E-state index < -0.39 is 15.9 Å². The first-order chi connectivity index (χ1) is 14.7. The van der Waals surface area contributed by atoms with Crippen LogP contribution in [0, 0.1) is 12.8 Å². The van der Waals surface area contributed by atoms with Crippen LogP contribution in [-0.2, 0) is 25.8 Å². The Bertz CT molecular complexity index is 790. The molecule has 174 valence electrons. The van der Waals surface area contributed by atoms with Gasteiger partial charge in [-0.15, -0.1) is 0 Å². The summed E-state index contributed by atoms with van der Waals surface area (Å²) in [5, 5.41) is 17.4. The smallest absolute Gasteiger partial charge is 0.290 e. The molecule has 31 heavy (non-hydrogen) atoms. The third-order valence-electron chi connectivity index (χ3n) is 6.07. The summed E-state index contributed by atoms with van der Waals surface area (Å²) in [6, 6.07) is 8.31. The van der Waals surface area contributed by atoms with E-state index in [0.717, 1.165) is 19.3 Å². The fourth-order valence-electron chi connectivity index (χ4n) is 4.04. The van der Waals surface area contributed by atoms with E-state index >= 15 is 0 Å². The number of benzene rings is 1. The summed E-state index contributed by atoms with van der Waals surface area (Å²) in [5.41, 5.74) is 2.41. The molecule has 1 unspecified atom stereocenters. The maximum absolute atomic E-state index is 12.5. The Morgan fingerprint density at radius 2 is 1.68 bits per heavy atom. The van der Waals surface area contributed by atoms with Gasteiger partial charge >= 0.3 is 0 Å². The third-order valence-corrected chi connectivity index (χ3v) is 7.68. The molecule has 0 aliphatic carbocycles. The molecule has 2 N–H and O–H groups in total. The first-order valence-corrected chi connectivity index (χ1v) is 12.6. The lowest BCUT2D eigenvalue weighted by molar-refractivity contribution is -0.133. The maximum atomic E-state index is 12.5. The molecule has 0 spiro atoms. The van der Waals surface area contributed by atoms with Crippen LogP contribution in [0.25, 0.3) is 0 Å². The van der Waals surface area contributed by atoms with E-state index in [-0.39, 0.29) is 29.8 Å². The molecule has 0 aromatic heterocycles. The van der Waals surface area contributed by atoms with Crippen molar-refractivity contribution in [1.29, 1.82) is 0 Å². The third kappa shape index (κ3) is 8.59. The summed E-state index contributed by atoms with van der Waals surface area (Å²) in [6.07, 6.45) is 2.45. The van der Waals surface area contributed by atoms with Crippen LogP contribution in [0.4, 0.5) is 0 Å². The molecular formula is C22H34N2O6S. The van der Waals surface area contributed by atoms with E-state index in [9.17, 15) is 18.3 Å². The van der Waals surface area contributed by atoms with Crippen LogP contribution in [0.3, 0.4) is 0 Å². The minimum absolute atomic E-state index is 0.180. The number of rotatable bonds is 6. The molecule has 2 aliphatic heterocycles. The molecule has 3 rings (SSSR count). The summed E-state index contributed by atoms with van der Waals surface area (Å²) in [5.74, 6) is 0.746. The zero-order chi connectivity index (χ0) is 22.9. The predicted octanol–water partition coefficient (Wildman–Crippen LogP) is 0.958. The van der Waals surface area contributed by atoms with Crippen molar-refractivity contribution < 1.29 is 28.2 Å². The summed E-state index contributed by atoms with van der Waals surface area (Å²) < 4.78 is 23.0. The zero-order valence-electron chi connectivity index (χ0n) is 18.1. The van der Waals surface area contributed by atoms with Crippen molar-refractivity contribution >= 4 is 22.2 Å². The van der Waals surface area contributed by atoms with Crippen molar-refractivity contribution in [2.75, 3.05) is 44.2 Å². The molecule has 2 saturated heterocycles. The number of aliphatic hydroxyl groups is 1. The zero-order valence-corrected chi connectivity index (χ0v) is 19.0. The van der Waals surface area contributed by atoms with Crippen molar-refractivity contribution in [2.45, 2.75) is 38.7 Å². The molecule has 1 aromatic rings. The Labute approximate surface area is 184 Å². The van der Waals surface area contributed by atoms with Crippen molar-refractivity contribution in [2.24, 2.45) is 5.92 Å². The second kappa shape index (κ2) is 12.2. The molecule has 1 aromatic carbocycles. The number of carbonyl (C=O) groups excluding carboxylic acids is 1. The largest absolute Gasteiger partial charge is 0.483 e. The van der Waals surface area contributed by atoms with Crippen molar-refractivity contribution in [3.8, 4) is 0 Å². The molecule has 8 nitrogen and oxygen atoms in total. The molecule has 2 aliphatic rings. The quantitative estimate of drug-likeness (QED) is 0.615. The van der Waals surface area contributed by atoms with Crippen LogP contribution in [-0.4, -0.2) is 91.1 Å². The van der Waals surface area contributed by atoms with E-state index in [1.165, 1.54) is 11.1 Å². The molecule has 1 amide bonds. The number of likely N-dealkylation sites (tertiary alicyclic amines) is 1. The monoisotopic (exact) mass is 454 g/mol.